The van der Waals surface area contributed by atoms with Crippen LogP contribution < -0.4 is 11.1 Å². The number of nitrogens with two attached hydrogens (primary N) is 1. The van der Waals surface area contributed by atoms with E-state index in [1.165, 1.54) is 36.0 Å². The lowest BCUT2D eigenvalue weighted by molar-refractivity contribution is 0.773. The van der Waals surface area contributed by atoms with Gasteiger partial charge in [0.15, 0.2) is 0 Å². The topological polar surface area (TPSA) is 63.8 Å². The molecule has 1 atom stereocenters. The largest absolute Gasteiger partial charge is 0.353 e. The number of nitrogens with zero attached hydrogens (tertiary/aromatic N) is 2. The second-order valence-corrected chi connectivity index (χ2v) is 5.49. The van der Waals surface area contributed by atoms with Crippen molar-refractivity contribution in [3.8, 4) is 11.1 Å². The number of hydrogen-bond acceptors (Lipinski definition) is 4. The number of anilines is 1. The van der Waals surface area contributed by atoms with Gasteiger partial charge < -0.3 is 11.1 Å². The summed E-state index contributed by atoms with van der Waals surface area (Å²) in [6.07, 6.45) is 7.42. The molecule has 2 aromatic rings. The van der Waals surface area contributed by atoms with Crippen LogP contribution in [0.2, 0.25) is 0 Å². The van der Waals surface area contributed by atoms with Crippen LogP contribution in [0.25, 0.3) is 11.1 Å². The van der Waals surface area contributed by atoms with E-state index in [-0.39, 0.29) is 6.04 Å². The summed E-state index contributed by atoms with van der Waals surface area (Å²) < 4.78 is 0. The summed E-state index contributed by atoms with van der Waals surface area (Å²) in [4.78, 5) is 8.69. The van der Waals surface area contributed by atoms with Crippen molar-refractivity contribution in [3.05, 3.63) is 41.7 Å². The molecule has 0 bridgehead atoms. The first-order valence-corrected chi connectivity index (χ1v) is 7.16. The third kappa shape index (κ3) is 2.80. The molecule has 0 amide bonds. The second-order valence-electron chi connectivity index (χ2n) is 5.49. The molecule has 1 aliphatic carbocycles. The van der Waals surface area contributed by atoms with E-state index in [1.54, 1.807) is 0 Å². The van der Waals surface area contributed by atoms with Crippen molar-refractivity contribution >= 4 is 5.95 Å². The monoisotopic (exact) mass is 268 g/mol. The van der Waals surface area contributed by atoms with Gasteiger partial charge in [0.25, 0.3) is 0 Å². The molecule has 1 aromatic heterocycles. The van der Waals surface area contributed by atoms with Gasteiger partial charge in [-0.15, -0.1) is 0 Å². The van der Waals surface area contributed by atoms with E-state index >= 15 is 0 Å². The van der Waals surface area contributed by atoms with Gasteiger partial charge in [0, 0.05) is 30.5 Å². The van der Waals surface area contributed by atoms with Gasteiger partial charge in [-0.3, -0.25) is 0 Å². The summed E-state index contributed by atoms with van der Waals surface area (Å²) in [6, 6.07) is 6.77. The molecule has 4 nitrogen and oxygen atoms in total. The number of aryl methyl sites for hydroxylation is 2. The molecule has 1 unspecified atom stereocenters. The van der Waals surface area contributed by atoms with Crippen LogP contribution in [0, 0.1) is 0 Å². The van der Waals surface area contributed by atoms with E-state index in [0.717, 1.165) is 5.56 Å². The van der Waals surface area contributed by atoms with Crippen molar-refractivity contribution in [2.45, 2.75) is 32.2 Å². The first kappa shape index (κ1) is 13.1. The number of rotatable bonds is 4. The Kier molecular flexibility index (Phi) is 3.65. The highest BCUT2D eigenvalue weighted by atomic mass is 15.1. The summed E-state index contributed by atoms with van der Waals surface area (Å²) >= 11 is 0. The zero-order chi connectivity index (χ0) is 13.9. The third-order valence-corrected chi connectivity index (χ3v) is 3.67. The molecule has 1 aromatic carbocycles. The number of aromatic nitrogens is 2. The molecule has 1 heterocycles. The summed E-state index contributed by atoms with van der Waals surface area (Å²) in [6.45, 7) is 2.63. The molecule has 0 radical (unpaired) electrons. The molecule has 1 aliphatic rings. The van der Waals surface area contributed by atoms with E-state index < -0.39 is 0 Å². The van der Waals surface area contributed by atoms with Gasteiger partial charge in [-0.05, 0) is 42.9 Å². The highest BCUT2D eigenvalue weighted by molar-refractivity contribution is 5.64. The lowest BCUT2D eigenvalue weighted by Gasteiger charge is -2.08. The zero-order valence-electron chi connectivity index (χ0n) is 11.8. The minimum absolute atomic E-state index is 0.0926. The molecule has 0 saturated heterocycles. The smallest absolute Gasteiger partial charge is 0.222 e. The lowest BCUT2D eigenvalue weighted by Crippen LogP contribution is -2.25. The van der Waals surface area contributed by atoms with Crippen LogP contribution in [0.1, 0.15) is 24.5 Å². The van der Waals surface area contributed by atoms with Gasteiger partial charge in [0.05, 0.1) is 0 Å². The first-order chi connectivity index (χ1) is 9.72. The first-order valence-electron chi connectivity index (χ1n) is 7.16. The third-order valence-electron chi connectivity index (χ3n) is 3.67. The summed E-state index contributed by atoms with van der Waals surface area (Å²) in [5.41, 5.74) is 10.9. The zero-order valence-corrected chi connectivity index (χ0v) is 11.8. The van der Waals surface area contributed by atoms with Crippen molar-refractivity contribution in [3.63, 3.8) is 0 Å². The Morgan fingerprint density at radius 1 is 1.15 bits per heavy atom. The van der Waals surface area contributed by atoms with E-state index in [1.807, 2.05) is 19.3 Å². The van der Waals surface area contributed by atoms with Crippen LogP contribution in [-0.2, 0) is 12.8 Å². The highest BCUT2D eigenvalue weighted by Crippen LogP contribution is 2.27. The van der Waals surface area contributed by atoms with Crippen molar-refractivity contribution in [2.75, 3.05) is 11.9 Å². The molecule has 0 aliphatic heterocycles. The van der Waals surface area contributed by atoms with Crippen molar-refractivity contribution < 1.29 is 0 Å². The Hall–Kier alpha value is -1.94. The van der Waals surface area contributed by atoms with E-state index in [0.29, 0.717) is 12.5 Å². The average Bonchev–Trinajstić information content (AvgIpc) is 2.93. The maximum Gasteiger partial charge on any atom is 0.222 e. The minimum atomic E-state index is 0.0926. The Bertz CT molecular complexity index is 590. The number of nitrogens with one attached hydrogen (secondary N) is 1. The summed E-state index contributed by atoms with van der Waals surface area (Å²) in [5.74, 6) is 0.632. The average molecular weight is 268 g/mol. The Balaban J connectivity index is 1.77. The molecular formula is C16H20N4. The molecular weight excluding hydrogens is 248 g/mol. The fourth-order valence-electron chi connectivity index (χ4n) is 2.57. The molecule has 104 valence electrons. The van der Waals surface area contributed by atoms with Gasteiger partial charge in [-0.1, -0.05) is 18.2 Å². The summed E-state index contributed by atoms with van der Waals surface area (Å²) in [5, 5.41) is 3.12. The maximum atomic E-state index is 5.70. The molecule has 3 N–H and O–H groups in total. The molecule has 20 heavy (non-hydrogen) atoms. The molecule has 4 heteroatoms. The van der Waals surface area contributed by atoms with Crippen molar-refractivity contribution in [1.82, 2.24) is 9.97 Å². The Labute approximate surface area is 119 Å². The second kappa shape index (κ2) is 5.59. The predicted octanol–water partition coefficient (Wildman–Crippen LogP) is 2.39. The maximum absolute atomic E-state index is 5.70. The molecule has 0 fully saturated rings. The van der Waals surface area contributed by atoms with Crippen LogP contribution in [0.5, 0.6) is 0 Å². The van der Waals surface area contributed by atoms with Crippen LogP contribution >= 0.6 is 0 Å². The number of hydrogen-bond donors (Lipinski definition) is 2. The quantitative estimate of drug-likeness (QED) is 0.893. The van der Waals surface area contributed by atoms with Crippen molar-refractivity contribution in [2.24, 2.45) is 5.73 Å². The fourth-order valence-corrected chi connectivity index (χ4v) is 2.57. The van der Waals surface area contributed by atoms with E-state index in [2.05, 4.69) is 33.5 Å². The van der Waals surface area contributed by atoms with Gasteiger partial charge >= 0.3 is 0 Å². The molecule has 0 saturated carbocycles. The summed E-state index contributed by atoms with van der Waals surface area (Å²) in [7, 11) is 0. The van der Waals surface area contributed by atoms with E-state index in [4.69, 9.17) is 5.73 Å². The van der Waals surface area contributed by atoms with Gasteiger partial charge in [-0.2, -0.15) is 0 Å². The van der Waals surface area contributed by atoms with Crippen LogP contribution in [-0.4, -0.2) is 22.6 Å². The van der Waals surface area contributed by atoms with E-state index in [9.17, 15) is 0 Å². The minimum Gasteiger partial charge on any atom is -0.353 e. The molecule has 0 spiro atoms. The number of fused-ring (bicyclic) bond motifs is 1. The predicted molar refractivity (Wildman–Crippen MR) is 81.6 cm³/mol. The van der Waals surface area contributed by atoms with Gasteiger partial charge in [0.2, 0.25) is 5.95 Å². The van der Waals surface area contributed by atoms with Crippen LogP contribution in [0.15, 0.2) is 30.6 Å². The normalized spacial score (nSPS) is 14.9. The van der Waals surface area contributed by atoms with Crippen LogP contribution in [0.3, 0.4) is 0 Å². The Morgan fingerprint density at radius 2 is 1.90 bits per heavy atom. The lowest BCUT2D eigenvalue weighted by atomic mass is 10.0. The Morgan fingerprint density at radius 3 is 2.65 bits per heavy atom. The fraction of sp³-hybridized carbons (Fsp3) is 0.375. The number of benzene rings is 1. The molecule has 3 rings (SSSR count). The SMILES string of the molecule is CC(N)CNc1ncc(-c2ccc3c(c2)CCC3)cn1. The van der Waals surface area contributed by atoms with Gasteiger partial charge in [0.1, 0.15) is 0 Å². The standard InChI is InChI=1S/C16H20N4/c1-11(17)8-18-16-19-9-15(10-20-16)14-6-5-12-3-2-4-13(12)7-14/h5-7,9-11H,2-4,8,17H2,1H3,(H,18,19,20). The van der Waals surface area contributed by atoms with Crippen molar-refractivity contribution in [1.29, 1.82) is 0 Å². The highest BCUT2D eigenvalue weighted by Gasteiger charge is 2.11. The van der Waals surface area contributed by atoms with Gasteiger partial charge in [-0.25, -0.2) is 9.97 Å². The van der Waals surface area contributed by atoms with Crippen LogP contribution in [0.4, 0.5) is 5.95 Å².